The van der Waals surface area contributed by atoms with E-state index >= 15 is 0 Å². The average Bonchev–Trinajstić information content (AvgIpc) is 2.35. The van der Waals surface area contributed by atoms with Crippen LogP contribution in [0.4, 0.5) is 8.78 Å². The van der Waals surface area contributed by atoms with Gasteiger partial charge in [0.25, 0.3) is 0 Å². The standard InChI is InChI=1S/C15H21F2N/c1-2-7-18-15-6-4-3-5-14(15)11-8-12(16)10-13(17)9-11/h8-10,14-15,18H,2-7H2,1H3. The zero-order chi connectivity index (χ0) is 13.0. The summed E-state index contributed by atoms with van der Waals surface area (Å²) < 4.78 is 26.6. The van der Waals surface area contributed by atoms with Crippen LogP contribution in [0.3, 0.4) is 0 Å². The van der Waals surface area contributed by atoms with Gasteiger partial charge in [0.2, 0.25) is 0 Å². The number of hydrogen-bond donors (Lipinski definition) is 1. The Balaban J connectivity index is 2.16. The Kier molecular flexibility index (Phi) is 4.70. The number of halogens is 2. The van der Waals surface area contributed by atoms with Gasteiger partial charge in [0.05, 0.1) is 0 Å². The van der Waals surface area contributed by atoms with E-state index in [0.717, 1.165) is 43.9 Å². The second kappa shape index (κ2) is 6.28. The van der Waals surface area contributed by atoms with E-state index in [2.05, 4.69) is 12.2 Å². The third-order valence-electron chi connectivity index (χ3n) is 3.74. The molecular weight excluding hydrogens is 232 g/mol. The Bertz CT molecular complexity index is 372. The summed E-state index contributed by atoms with van der Waals surface area (Å²) in [4.78, 5) is 0. The lowest BCUT2D eigenvalue weighted by molar-refractivity contribution is 0.327. The molecule has 1 aliphatic carbocycles. The molecule has 100 valence electrons. The van der Waals surface area contributed by atoms with E-state index in [1.165, 1.54) is 18.6 Å². The van der Waals surface area contributed by atoms with Gasteiger partial charge in [-0.2, -0.15) is 0 Å². The highest BCUT2D eigenvalue weighted by Crippen LogP contribution is 2.33. The summed E-state index contributed by atoms with van der Waals surface area (Å²) in [7, 11) is 0. The van der Waals surface area contributed by atoms with Gasteiger partial charge in [-0.3, -0.25) is 0 Å². The van der Waals surface area contributed by atoms with Crippen molar-refractivity contribution >= 4 is 0 Å². The number of hydrogen-bond acceptors (Lipinski definition) is 1. The predicted octanol–water partition coefficient (Wildman–Crippen LogP) is 3.99. The molecule has 1 N–H and O–H groups in total. The van der Waals surface area contributed by atoms with Crippen LogP contribution in [0.1, 0.15) is 50.5 Å². The molecule has 0 amide bonds. The van der Waals surface area contributed by atoms with E-state index in [0.29, 0.717) is 6.04 Å². The highest BCUT2D eigenvalue weighted by atomic mass is 19.1. The molecule has 2 unspecified atom stereocenters. The van der Waals surface area contributed by atoms with E-state index in [1.54, 1.807) is 0 Å². The quantitative estimate of drug-likeness (QED) is 0.855. The summed E-state index contributed by atoms with van der Waals surface area (Å²) in [6.07, 6.45) is 5.55. The molecule has 2 rings (SSSR count). The number of nitrogens with one attached hydrogen (secondary N) is 1. The van der Waals surface area contributed by atoms with Crippen LogP contribution in [-0.4, -0.2) is 12.6 Å². The van der Waals surface area contributed by atoms with E-state index in [-0.39, 0.29) is 5.92 Å². The topological polar surface area (TPSA) is 12.0 Å². The number of benzene rings is 1. The molecule has 0 heterocycles. The van der Waals surface area contributed by atoms with E-state index in [4.69, 9.17) is 0 Å². The minimum absolute atomic E-state index is 0.246. The Morgan fingerprint density at radius 1 is 1.11 bits per heavy atom. The molecule has 1 fully saturated rings. The highest BCUT2D eigenvalue weighted by molar-refractivity contribution is 5.24. The first-order valence-corrected chi connectivity index (χ1v) is 6.90. The van der Waals surface area contributed by atoms with Crippen LogP contribution >= 0.6 is 0 Å². The fourth-order valence-corrected chi connectivity index (χ4v) is 2.89. The molecule has 0 spiro atoms. The van der Waals surface area contributed by atoms with Crippen LogP contribution in [0.2, 0.25) is 0 Å². The van der Waals surface area contributed by atoms with Crippen molar-refractivity contribution in [2.75, 3.05) is 6.54 Å². The zero-order valence-corrected chi connectivity index (χ0v) is 10.9. The lowest BCUT2D eigenvalue weighted by Crippen LogP contribution is -2.37. The summed E-state index contributed by atoms with van der Waals surface area (Å²) in [6.45, 7) is 3.10. The van der Waals surface area contributed by atoms with Crippen molar-refractivity contribution < 1.29 is 8.78 Å². The highest BCUT2D eigenvalue weighted by Gasteiger charge is 2.26. The van der Waals surface area contributed by atoms with E-state index in [9.17, 15) is 8.78 Å². The maximum Gasteiger partial charge on any atom is 0.126 e. The second-order valence-electron chi connectivity index (χ2n) is 5.15. The molecule has 1 nitrogen and oxygen atoms in total. The van der Waals surface area contributed by atoms with Gasteiger partial charge >= 0.3 is 0 Å². The van der Waals surface area contributed by atoms with Gasteiger partial charge < -0.3 is 5.32 Å². The van der Waals surface area contributed by atoms with Crippen molar-refractivity contribution in [3.05, 3.63) is 35.4 Å². The van der Waals surface area contributed by atoms with Gasteiger partial charge in [0.1, 0.15) is 11.6 Å². The van der Waals surface area contributed by atoms with Gasteiger partial charge in [0.15, 0.2) is 0 Å². The van der Waals surface area contributed by atoms with Gasteiger partial charge in [-0.1, -0.05) is 19.8 Å². The van der Waals surface area contributed by atoms with Gasteiger partial charge in [-0.15, -0.1) is 0 Å². The van der Waals surface area contributed by atoms with Crippen LogP contribution < -0.4 is 5.32 Å². The third-order valence-corrected chi connectivity index (χ3v) is 3.74. The Labute approximate surface area is 108 Å². The Morgan fingerprint density at radius 2 is 1.78 bits per heavy atom. The third kappa shape index (κ3) is 3.29. The Hall–Kier alpha value is -0.960. The lowest BCUT2D eigenvalue weighted by Gasteiger charge is -2.32. The molecule has 1 aromatic rings. The summed E-state index contributed by atoms with van der Waals surface area (Å²) in [5, 5.41) is 3.51. The normalized spacial score (nSPS) is 24.2. The maximum absolute atomic E-state index is 13.3. The van der Waals surface area contributed by atoms with Gasteiger partial charge in [-0.25, -0.2) is 8.78 Å². The van der Waals surface area contributed by atoms with Crippen LogP contribution in [0.15, 0.2) is 18.2 Å². The van der Waals surface area contributed by atoms with E-state index in [1.807, 2.05) is 0 Å². The fourth-order valence-electron chi connectivity index (χ4n) is 2.89. The van der Waals surface area contributed by atoms with Crippen molar-refractivity contribution in [2.24, 2.45) is 0 Å². The summed E-state index contributed by atoms with van der Waals surface area (Å²) in [6, 6.07) is 4.28. The molecule has 3 heteroatoms. The first-order chi connectivity index (χ1) is 8.70. The van der Waals surface area contributed by atoms with Crippen LogP contribution in [0, 0.1) is 11.6 Å². The number of rotatable bonds is 4. The molecule has 2 atom stereocenters. The molecule has 0 radical (unpaired) electrons. The molecule has 18 heavy (non-hydrogen) atoms. The van der Waals surface area contributed by atoms with Gasteiger partial charge in [0, 0.05) is 12.1 Å². The van der Waals surface area contributed by atoms with E-state index < -0.39 is 11.6 Å². The SMILES string of the molecule is CCCNC1CCCCC1c1cc(F)cc(F)c1. The molecule has 0 saturated heterocycles. The lowest BCUT2D eigenvalue weighted by atomic mass is 9.80. The summed E-state index contributed by atoms with van der Waals surface area (Å²) in [5.74, 6) is -0.690. The maximum atomic E-state index is 13.3. The second-order valence-corrected chi connectivity index (χ2v) is 5.15. The van der Waals surface area contributed by atoms with Crippen molar-refractivity contribution in [3.8, 4) is 0 Å². The van der Waals surface area contributed by atoms with Crippen molar-refractivity contribution in [1.82, 2.24) is 5.32 Å². The molecule has 0 aliphatic heterocycles. The molecule has 1 aliphatic rings. The largest absolute Gasteiger partial charge is 0.313 e. The monoisotopic (exact) mass is 253 g/mol. The van der Waals surface area contributed by atoms with Crippen LogP contribution in [0.5, 0.6) is 0 Å². The summed E-state index contributed by atoms with van der Waals surface area (Å²) >= 11 is 0. The first kappa shape index (κ1) is 13.5. The van der Waals surface area contributed by atoms with Crippen molar-refractivity contribution in [3.63, 3.8) is 0 Å². The van der Waals surface area contributed by atoms with Crippen LogP contribution in [-0.2, 0) is 0 Å². The molecule has 0 bridgehead atoms. The van der Waals surface area contributed by atoms with Crippen molar-refractivity contribution in [2.45, 2.75) is 51.0 Å². The minimum Gasteiger partial charge on any atom is -0.313 e. The molecule has 0 aromatic heterocycles. The van der Waals surface area contributed by atoms with Gasteiger partial charge in [-0.05, 0) is 49.4 Å². The zero-order valence-electron chi connectivity index (χ0n) is 10.9. The smallest absolute Gasteiger partial charge is 0.126 e. The fraction of sp³-hybridized carbons (Fsp3) is 0.600. The minimum atomic E-state index is -0.468. The molecule has 1 aromatic carbocycles. The van der Waals surface area contributed by atoms with Crippen LogP contribution in [0.25, 0.3) is 0 Å². The summed E-state index contributed by atoms with van der Waals surface area (Å²) in [5.41, 5.74) is 0.806. The Morgan fingerprint density at radius 3 is 2.44 bits per heavy atom. The molecular formula is C15H21F2N. The average molecular weight is 253 g/mol. The first-order valence-electron chi connectivity index (χ1n) is 6.90. The van der Waals surface area contributed by atoms with Crippen molar-refractivity contribution in [1.29, 1.82) is 0 Å². The molecule has 1 saturated carbocycles. The predicted molar refractivity (Wildman–Crippen MR) is 69.6 cm³/mol.